The zero-order valence-corrected chi connectivity index (χ0v) is 9.94. The van der Waals surface area contributed by atoms with E-state index in [1.807, 2.05) is 18.2 Å². The molecule has 1 saturated carbocycles. The number of pyridine rings is 1. The number of hydrogen-bond acceptors (Lipinski definition) is 3. The van der Waals surface area contributed by atoms with Crippen molar-refractivity contribution in [3.05, 3.63) is 35.9 Å². The SMILES string of the molecule is COc1cc(CNC2CC2)c2ccccc2n1. The molecule has 88 valence electrons. The van der Waals surface area contributed by atoms with Gasteiger partial charge in [0.15, 0.2) is 0 Å². The number of nitrogens with zero attached hydrogens (tertiary/aromatic N) is 1. The lowest BCUT2D eigenvalue weighted by Crippen LogP contribution is -2.15. The lowest BCUT2D eigenvalue weighted by atomic mass is 10.1. The van der Waals surface area contributed by atoms with Gasteiger partial charge in [-0.1, -0.05) is 18.2 Å². The molecule has 1 aliphatic carbocycles. The molecular weight excluding hydrogens is 212 g/mol. The van der Waals surface area contributed by atoms with E-state index in [0.717, 1.165) is 12.1 Å². The van der Waals surface area contributed by atoms with E-state index in [-0.39, 0.29) is 0 Å². The van der Waals surface area contributed by atoms with E-state index >= 15 is 0 Å². The maximum atomic E-state index is 5.25. The van der Waals surface area contributed by atoms with Crippen LogP contribution in [0.3, 0.4) is 0 Å². The second-order valence-corrected chi connectivity index (χ2v) is 4.50. The van der Waals surface area contributed by atoms with Crippen molar-refractivity contribution in [3.63, 3.8) is 0 Å². The largest absolute Gasteiger partial charge is 0.481 e. The molecule has 1 heterocycles. The quantitative estimate of drug-likeness (QED) is 0.873. The zero-order chi connectivity index (χ0) is 11.7. The highest BCUT2D eigenvalue weighted by Crippen LogP contribution is 2.24. The van der Waals surface area contributed by atoms with Crippen LogP contribution in [-0.4, -0.2) is 18.1 Å². The first-order valence-corrected chi connectivity index (χ1v) is 6.03. The van der Waals surface area contributed by atoms with Gasteiger partial charge in [0.25, 0.3) is 0 Å². The Morgan fingerprint density at radius 2 is 2.18 bits per heavy atom. The fourth-order valence-electron chi connectivity index (χ4n) is 2.01. The van der Waals surface area contributed by atoms with Crippen molar-refractivity contribution >= 4 is 10.9 Å². The number of ether oxygens (including phenoxy) is 1. The summed E-state index contributed by atoms with van der Waals surface area (Å²) in [5.41, 5.74) is 2.26. The van der Waals surface area contributed by atoms with Gasteiger partial charge in [0.2, 0.25) is 5.88 Å². The predicted molar refractivity (Wildman–Crippen MR) is 68.2 cm³/mol. The summed E-state index contributed by atoms with van der Waals surface area (Å²) in [5.74, 6) is 0.691. The van der Waals surface area contributed by atoms with E-state index in [0.29, 0.717) is 11.9 Å². The minimum Gasteiger partial charge on any atom is -0.481 e. The Labute approximate surface area is 101 Å². The Hall–Kier alpha value is -1.61. The first kappa shape index (κ1) is 10.5. The lowest BCUT2D eigenvalue weighted by Gasteiger charge is -2.09. The van der Waals surface area contributed by atoms with E-state index in [9.17, 15) is 0 Å². The average Bonchev–Trinajstić information content (AvgIpc) is 3.19. The molecule has 2 aromatic rings. The Bertz CT molecular complexity index is 535. The van der Waals surface area contributed by atoms with Gasteiger partial charge in [-0.2, -0.15) is 0 Å². The van der Waals surface area contributed by atoms with Crippen molar-refractivity contribution in [1.82, 2.24) is 10.3 Å². The molecule has 1 aliphatic rings. The molecule has 3 heteroatoms. The van der Waals surface area contributed by atoms with Gasteiger partial charge in [-0.05, 0) is 24.5 Å². The molecule has 0 saturated heterocycles. The normalized spacial score (nSPS) is 15.1. The molecule has 1 fully saturated rings. The van der Waals surface area contributed by atoms with Gasteiger partial charge in [-0.3, -0.25) is 0 Å². The summed E-state index contributed by atoms with van der Waals surface area (Å²) < 4.78 is 5.25. The fraction of sp³-hybridized carbons (Fsp3) is 0.357. The van der Waals surface area contributed by atoms with E-state index in [2.05, 4.69) is 22.4 Å². The number of benzene rings is 1. The first-order chi connectivity index (χ1) is 8.36. The van der Waals surface area contributed by atoms with Gasteiger partial charge in [0.05, 0.1) is 12.6 Å². The topological polar surface area (TPSA) is 34.1 Å². The molecule has 0 amide bonds. The van der Waals surface area contributed by atoms with Crippen molar-refractivity contribution in [2.75, 3.05) is 7.11 Å². The van der Waals surface area contributed by atoms with E-state index in [1.54, 1.807) is 7.11 Å². The third-order valence-electron chi connectivity index (χ3n) is 3.15. The smallest absolute Gasteiger partial charge is 0.213 e. The van der Waals surface area contributed by atoms with Gasteiger partial charge >= 0.3 is 0 Å². The van der Waals surface area contributed by atoms with Crippen LogP contribution >= 0.6 is 0 Å². The summed E-state index contributed by atoms with van der Waals surface area (Å²) >= 11 is 0. The number of methoxy groups -OCH3 is 1. The molecule has 3 rings (SSSR count). The van der Waals surface area contributed by atoms with Crippen LogP contribution in [0.4, 0.5) is 0 Å². The number of rotatable bonds is 4. The standard InChI is InChI=1S/C14H16N2O/c1-17-14-8-10(9-15-11-6-7-11)12-4-2-3-5-13(12)16-14/h2-5,8,11,15H,6-7,9H2,1H3. The highest BCUT2D eigenvalue weighted by molar-refractivity contribution is 5.82. The molecule has 1 aromatic carbocycles. The van der Waals surface area contributed by atoms with Crippen molar-refractivity contribution in [2.24, 2.45) is 0 Å². The van der Waals surface area contributed by atoms with Crippen LogP contribution in [0.1, 0.15) is 18.4 Å². The highest BCUT2D eigenvalue weighted by Gasteiger charge is 2.20. The van der Waals surface area contributed by atoms with Gasteiger partial charge < -0.3 is 10.1 Å². The maximum Gasteiger partial charge on any atom is 0.213 e. The van der Waals surface area contributed by atoms with Gasteiger partial charge in [0, 0.05) is 24.0 Å². The molecule has 0 atom stereocenters. The molecular formula is C14H16N2O. The van der Waals surface area contributed by atoms with Gasteiger partial charge in [-0.25, -0.2) is 4.98 Å². The molecule has 1 aromatic heterocycles. The molecule has 0 spiro atoms. The number of fused-ring (bicyclic) bond motifs is 1. The summed E-state index contributed by atoms with van der Waals surface area (Å²) in [5, 5.41) is 4.74. The van der Waals surface area contributed by atoms with Gasteiger partial charge in [-0.15, -0.1) is 0 Å². The first-order valence-electron chi connectivity index (χ1n) is 6.03. The Morgan fingerprint density at radius 1 is 1.35 bits per heavy atom. The highest BCUT2D eigenvalue weighted by atomic mass is 16.5. The Balaban J connectivity index is 1.99. The van der Waals surface area contributed by atoms with Crippen LogP contribution in [0.2, 0.25) is 0 Å². The summed E-state index contributed by atoms with van der Waals surface area (Å²) in [6.45, 7) is 0.893. The predicted octanol–water partition coefficient (Wildman–Crippen LogP) is 2.50. The molecule has 0 unspecified atom stereocenters. The van der Waals surface area contributed by atoms with Crippen molar-refractivity contribution < 1.29 is 4.74 Å². The summed E-state index contributed by atoms with van der Waals surface area (Å²) in [6.07, 6.45) is 2.61. The van der Waals surface area contributed by atoms with Crippen molar-refractivity contribution in [2.45, 2.75) is 25.4 Å². The Morgan fingerprint density at radius 3 is 2.94 bits per heavy atom. The third kappa shape index (κ3) is 2.24. The molecule has 1 N–H and O–H groups in total. The minimum atomic E-state index is 0.691. The minimum absolute atomic E-state index is 0.691. The monoisotopic (exact) mass is 228 g/mol. The second kappa shape index (κ2) is 4.34. The summed E-state index contributed by atoms with van der Waals surface area (Å²) in [7, 11) is 1.66. The summed E-state index contributed by atoms with van der Waals surface area (Å²) in [6, 6.07) is 10.9. The molecule has 3 nitrogen and oxygen atoms in total. The fourth-order valence-corrected chi connectivity index (χ4v) is 2.01. The van der Waals surface area contributed by atoms with Crippen LogP contribution in [0.5, 0.6) is 5.88 Å². The number of aromatic nitrogens is 1. The molecule has 0 bridgehead atoms. The number of hydrogen-bond donors (Lipinski definition) is 1. The van der Waals surface area contributed by atoms with Gasteiger partial charge in [0.1, 0.15) is 0 Å². The van der Waals surface area contributed by atoms with Crippen LogP contribution in [0.15, 0.2) is 30.3 Å². The van der Waals surface area contributed by atoms with Crippen LogP contribution in [0, 0.1) is 0 Å². The molecule has 0 radical (unpaired) electrons. The lowest BCUT2D eigenvalue weighted by molar-refractivity contribution is 0.399. The second-order valence-electron chi connectivity index (χ2n) is 4.50. The maximum absolute atomic E-state index is 5.25. The number of nitrogens with one attached hydrogen (secondary N) is 1. The van der Waals surface area contributed by atoms with E-state index in [1.165, 1.54) is 23.8 Å². The van der Waals surface area contributed by atoms with Crippen molar-refractivity contribution in [1.29, 1.82) is 0 Å². The van der Waals surface area contributed by atoms with Crippen LogP contribution < -0.4 is 10.1 Å². The van der Waals surface area contributed by atoms with E-state index < -0.39 is 0 Å². The van der Waals surface area contributed by atoms with Crippen molar-refractivity contribution in [3.8, 4) is 5.88 Å². The number of para-hydroxylation sites is 1. The average molecular weight is 228 g/mol. The van der Waals surface area contributed by atoms with Crippen LogP contribution in [-0.2, 0) is 6.54 Å². The molecule has 0 aliphatic heterocycles. The summed E-state index contributed by atoms with van der Waals surface area (Å²) in [4.78, 5) is 4.45. The zero-order valence-electron chi connectivity index (χ0n) is 9.94. The molecule has 17 heavy (non-hydrogen) atoms. The third-order valence-corrected chi connectivity index (χ3v) is 3.15. The van der Waals surface area contributed by atoms with E-state index in [4.69, 9.17) is 4.74 Å². The Kier molecular flexibility index (Phi) is 2.69. The van der Waals surface area contributed by atoms with Crippen LogP contribution in [0.25, 0.3) is 10.9 Å².